The van der Waals surface area contributed by atoms with Crippen LogP contribution in [-0.2, 0) is 22.7 Å². The molecular formula is C34H28F2N4O6. The van der Waals surface area contributed by atoms with Crippen LogP contribution in [0.15, 0.2) is 108 Å². The summed E-state index contributed by atoms with van der Waals surface area (Å²) in [6.45, 7) is 2.52. The topological polar surface area (TPSA) is 147 Å². The summed E-state index contributed by atoms with van der Waals surface area (Å²) in [6, 6.07) is 26.8. The molecule has 0 spiro atoms. The number of fused-ring (bicyclic) bond motifs is 1. The fourth-order valence-electron chi connectivity index (χ4n) is 4.16. The van der Waals surface area contributed by atoms with Crippen molar-refractivity contribution in [2.24, 2.45) is 5.11 Å². The van der Waals surface area contributed by atoms with Gasteiger partial charge in [-0.1, -0.05) is 65.8 Å². The molecule has 0 aliphatic heterocycles. The predicted octanol–water partition coefficient (Wildman–Crippen LogP) is 8.20. The molecule has 0 bridgehead atoms. The summed E-state index contributed by atoms with van der Waals surface area (Å²) in [7, 11) is 0. The van der Waals surface area contributed by atoms with E-state index in [0.717, 1.165) is 29.3 Å². The largest absolute Gasteiger partial charge is 0.488 e. The number of nitrogens with zero attached hydrogens (tertiary/aromatic N) is 3. The van der Waals surface area contributed by atoms with E-state index >= 15 is 0 Å². The van der Waals surface area contributed by atoms with Crippen LogP contribution < -0.4 is 9.47 Å². The van der Waals surface area contributed by atoms with Crippen LogP contribution in [0.5, 0.6) is 11.5 Å². The summed E-state index contributed by atoms with van der Waals surface area (Å²) < 4.78 is 43.4. The first-order valence-electron chi connectivity index (χ1n) is 13.9. The monoisotopic (exact) mass is 626 g/mol. The molecule has 0 saturated heterocycles. The van der Waals surface area contributed by atoms with Crippen molar-refractivity contribution in [2.75, 3.05) is 6.61 Å². The molecule has 0 aliphatic carbocycles. The zero-order valence-corrected chi connectivity index (χ0v) is 24.5. The lowest BCUT2D eigenvalue weighted by Crippen LogP contribution is -2.04. The van der Waals surface area contributed by atoms with Gasteiger partial charge in [0.05, 0.1) is 12.1 Å². The molecule has 0 saturated carbocycles. The zero-order valence-electron chi connectivity index (χ0n) is 24.5. The maximum Gasteiger partial charge on any atom is 0.354 e. The molecule has 5 aromatic rings. The van der Waals surface area contributed by atoms with Crippen LogP contribution in [0.1, 0.15) is 34.1 Å². The third-order valence-electron chi connectivity index (χ3n) is 6.27. The number of aromatic amines is 1. The molecule has 234 valence electrons. The van der Waals surface area contributed by atoms with Crippen molar-refractivity contribution < 1.29 is 37.7 Å². The number of hydrogen-bond acceptors (Lipinski definition) is 6. The van der Waals surface area contributed by atoms with Gasteiger partial charge in [0.2, 0.25) is 0 Å². The number of esters is 1. The maximum absolute atomic E-state index is 13.8. The second kappa shape index (κ2) is 16.1. The first-order chi connectivity index (χ1) is 22.3. The number of nitrogens with one attached hydrogen (secondary N) is 1. The molecule has 0 fully saturated rings. The fraction of sp³-hybridized carbons (Fsp3) is 0.118. The Morgan fingerprint density at radius 1 is 0.870 bits per heavy atom. The number of carboxylic acids is 1. The summed E-state index contributed by atoms with van der Waals surface area (Å²) in [6.07, 6.45) is 1.13. The van der Waals surface area contributed by atoms with Gasteiger partial charge in [0.25, 0.3) is 0 Å². The number of hydrogen-bond donors (Lipinski definition) is 2. The Morgan fingerprint density at radius 2 is 1.48 bits per heavy atom. The number of carbonyl (C=O) groups excluding carboxylic acids is 1. The van der Waals surface area contributed by atoms with Crippen molar-refractivity contribution in [1.29, 1.82) is 0 Å². The van der Waals surface area contributed by atoms with Crippen molar-refractivity contribution in [2.45, 2.75) is 20.1 Å². The van der Waals surface area contributed by atoms with E-state index in [1.807, 2.05) is 60.7 Å². The lowest BCUT2D eigenvalue weighted by Gasteiger charge is -2.10. The second-order valence-electron chi connectivity index (χ2n) is 9.52. The van der Waals surface area contributed by atoms with Gasteiger partial charge in [0.1, 0.15) is 47.7 Å². The van der Waals surface area contributed by atoms with E-state index in [0.29, 0.717) is 28.8 Å². The van der Waals surface area contributed by atoms with Gasteiger partial charge in [0, 0.05) is 28.0 Å². The number of halogens is 2. The van der Waals surface area contributed by atoms with E-state index < -0.39 is 29.3 Å². The van der Waals surface area contributed by atoms with Crippen LogP contribution in [0.2, 0.25) is 0 Å². The number of carbonyl (C=O) groups is 2. The lowest BCUT2D eigenvalue weighted by molar-refractivity contribution is -0.132. The molecule has 0 atom stereocenters. The first-order valence-corrected chi connectivity index (χ1v) is 13.9. The van der Waals surface area contributed by atoms with Gasteiger partial charge in [-0.15, -0.1) is 0 Å². The van der Waals surface area contributed by atoms with E-state index in [9.17, 15) is 18.4 Å². The summed E-state index contributed by atoms with van der Waals surface area (Å²) in [5.74, 6) is -2.28. The number of carboxylic acid groups (broad SMARTS) is 1. The molecular weight excluding hydrogens is 598 g/mol. The van der Waals surface area contributed by atoms with Crippen LogP contribution in [0.4, 0.5) is 8.78 Å². The molecule has 10 nitrogen and oxygen atoms in total. The van der Waals surface area contributed by atoms with Gasteiger partial charge in [-0.25, -0.2) is 18.4 Å². The van der Waals surface area contributed by atoms with Gasteiger partial charge in [-0.2, -0.15) is 0 Å². The number of ether oxygens (including phenoxy) is 3. The lowest BCUT2D eigenvalue weighted by atomic mass is 10.1. The van der Waals surface area contributed by atoms with Gasteiger partial charge in [0.15, 0.2) is 0 Å². The Hall–Kier alpha value is -6.13. The molecule has 0 unspecified atom stereocenters. The number of H-pyrrole nitrogens is 1. The molecule has 2 N–H and O–H groups in total. The Labute approximate surface area is 262 Å². The summed E-state index contributed by atoms with van der Waals surface area (Å²) >= 11 is 0. The number of aliphatic carboxylic acids is 1. The summed E-state index contributed by atoms with van der Waals surface area (Å²) in [5.41, 5.74) is 10.8. The third kappa shape index (κ3) is 9.18. The summed E-state index contributed by atoms with van der Waals surface area (Å²) in [5, 5.41) is 12.7. The Morgan fingerprint density at radius 3 is 2.07 bits per heavy atom. The van der Waals surface area contributed by atoms with Crippen molar-refractivity contribution in [1.82, 2.24) is 4.98 Å². The van der Waals surface area contributed by atoms with Crippen molar-refractivity contribution >= 4 is 28.9 Å². The van der Waals surface area contributed by atoms with Gasteiger partial charge in [-0.3, -0.25) is 0 Å². The maximum atomic E-state index is 13.8. The minimum absolute atomic E-state index is 0.153. The van der Waals surface area contributed by atoms with Gasteiger partial charge < -0.3 is 24.3 Å². The number of aromatic nitrogens is 1. The summed E-state index contributed by atoms with van der Waals surface area (Å²) in [4.78, 5) is 28.1. The highest BCUT2D eigenvalue weighted by atomic mass is 19.1. The highest BCUT2D eigenvalue weighted by molar-refractivity contribution is 5.97. The molecule has 4 aromatic carbocycles. The van der Waals surface area contributed by atoms with E-state index in [-0.39, 0.29) is 24.7 Å². The fourth-order valence-corrected chi connectivity index (χ4v) is 4.16. The van der Waals surface area contributed by atoms with Gasteiger partial charge >= 0.3 is 11.9 Å². The first kappa shape index (κ1) is 32.8. The average Bonchev–Trinajstić information content (AvgIpc) is 3.49. The second-order valence-corrected chi connectivity index (χ2v) is 9.52. The standard InChI is InChI=1S/C18H16FNO3.C16H12FN3O3/c1-2-22-18(21)16-10-14-15(20-16)8-13(19)9-17(14)23-11-12-6-4-3-5-7-12;17-13-7-6-12(8-14(16(21)22)19-20-18)15(9-13)23-10-11-4-2-1-3-5-11/h3-10,20H,2,11H2,1H3;1-9H,10H2,(H,21,22). The normalized spacial score (nSPS) is 10.7. The molecule has 1 heterocycles. The average molecular weight is 627 g/mol. The molecule has 46 heavy (non-hydrogen) atoms. The van der Waals surface area contributed by atoms with Crippen LogP contribution in [0.25, 0.3) is 27.4 Å². The van der Waals surface area contributed by atoms with E-state index in [4.69, 9.17) is 24.8 Å². The van der Waals surface area contributed by atoms with Crippen LogP contribution >= 0.6 is 0 Å². The zero-order chi connectivity index (χ0) is 32.9. The van der Waals surface area contributed by atoms with Crippen molar-refractivity contribution in [3.8, 4) is 11.5 Å². The minimum atomic E-state index is -1.39. The highest BCUT2D eigenvalue weighted by Crippen LogP contribution is 2.29. The molecule has 12 heteroatoms. The van der Waals surface area contributed by atoms with Crippen LogP contribution in [0.3, 0.4) is 0 Å². The quantitative estimate of drug-likeness (QED) is 0.0497. The predicted molar refractivity (Wildman–Crippen MR) is 167 cm³/mol. The number of azide groups is 1. The van der Waals surface area contributed by atoms with Crippen LogP contribution in [0, 0.1) is 11.6 Å². The van der Waals surface area contributed by atoms with E-state index in [2.05, 4.69) is 15.0 Å². The van der Waals surface area contributed by atoms with E-state index in [1.54, 1.807) is 13.0 Å². The molecule has 0 amide bonds. The SMILES string of the molecule is CCOC(=O)c1cc2c(OCc3ccccc3)cc(F)cc2[nH]1.[N-]=[N+]=NC(=Cc1ccc(F)cc1OCc1ccccc1)C(=O)O. The van der Waals surface area contributed by atoms with Crippen LogP contribution in [-0.4, -0.2) is 28.6 Å². The Bertz CT molecular complexity index is 1880. The molecule has 5 rings (SSSR count). The highest BCUT2D eigenvalue weighted by Gasteiger charge is 2.15. The molecule has 0 radical (unpaired) electrons. The number of rotatable bonds is 11. The van der Waals surface area contributed by atoms with Gasteiger partial charge in [-0.05, 0) is 53.9 Å². The third-order valence-corrected chi connectivity index (χ3v) is 6.27. The smallest absolute Gasteiger partial charge is 0.354 e. The van der Waals surface area contributed by atoms with Crippen molar-refractivity contribution in [3.05, 3.63) is 147 Å². The van der Waals surface area contributed by atoms with Crippen molar-refractivity contribution in [3.63, 3.8) is 0 Å². The molecule has 0 aliphatic rings. The molecule has 1 aromatic heterocycles. The Kier molecular flexibility index (Phi) is 11.5. The van der Waals surface area contributed by atoms with E-state index in [1.165, 1.54) is 18.2 Å². The number of benzene rings is 4. The Balaban J connectivity index is 0.000000209. The minimum Gasteiger partial charge on any atom is -0.488 e.